The molecule has 8 heteroatoms. The number of rotatable bonds is 6. The Morgan fingerprint density at radius 3 is 2.36 bits per heavy atom. The first-order chi connectivity index (χ1) is 12.2. The predicted octanol–water partition coefficient (Wildman–Crippen LogP) is 3.51. The molecule has 1 aliphatic rings. The maximum Gasteiger partial charge on any atom is 0.138 e. The van der Waals surface area contributed by atoms with E-state index >= 15 is 0 Å². The van der Waals surface area contributed by atoms with Gasteiger partial charge in [-0.25, -0.2) is 0 Å². The van der Waals surface area contributed by atoms with Gasteiger partial charge in [-0.05, 0) is 12.0 Å². The van der Waals surface area contributed by atoms with Crippen molar-refractivity contribution in [1.82, 2.24) is 14.5 Å². The molecule has 0 fully saturated rings. The van der Waals surface area contributed by atoms with E-state index in [-0.39, 0.29) is 0 Å². The molecule has 0 aliphatic carbocycles. The van der Waals surface area contributed by atoms with Gasteiger partial charge >= 0.3 is 0 Å². The summed E-state index contributed by atoms with van der Waals surface area (Å²) in [5.74, 6) is 2.21. The number of halogens is 1. The minimum atomic E-state index is 0.660. The SMILES string of the molecule is COc1cc(OC)c(C2=CCN(Cc3nnsc3Cl)CC2)c(OC)c1. The fraction of sp³-hybridized carbons (Fsp3) is 0.412. The Bertz CT molecular complexity index is 753. The Morgan fingerprint density at radius 2 is 1.88 bits per heavy atom. The van der Waals surface area contributed by atoms with Gasteiger partial charge in [-0.1, -0.05) is 22.2 Å². The van der Waals surface area contributed by atoms with Gasteiger partial charge in [0.2, 0.25) is 0 Å². The molecular formula is C17H20ClN3O3S. The molecule has 134 valence electrons. The van der Waals surface area contributed by atoms with E-state index in [1.54, 1.807) is 21.3 Å². The van der Waals surface area contributed by atoms with Crippen LogP contribution in [0.1, 0.15) is 17.7 Å². The number of aromatic nitrogens is 2. The van der Waals surface area contributed by atoms with Crippen LogP contribution >= 0.6 is 23.1 Å². The fourth-order valence-corrected chi connectivity index (χ4v) is 3.52. The van der Waals surface area contributed by atoms with Crippen molar-refractivity contribution in [3.8, 4) is 17.2 Å². The lowest BCUT2D eigenvalue weighted by molar-refractivity contribution is 0.289. The Labute approximate surface area is 156 Å². The van der Waals surface area contributed by atoms with Gasteiger partial charge < -0.3 is 14.2 Å². The van der Waals surface area contributed by atoms with Gasteiger partial charge in [-0.2, -0.15) is 0 Å². The molecule has 2 heterocycles. The second-order valence-corrected chi connectivity index (χ2v) is 6.97. The fourth-order valence-electron chi connectivity index (χ4n) is 2.91. The molecule has 0 N–H and O–H groups in total. The summed E-state index contributed by atoms with van der Waals surface area (Å²) in [5.41, 5.74) is 3.03. The Morgan fingerprint density at radius 1 is 1.16 bits per heavy atom. The summed E-state index contributed by atoms with van der Waals surface area (Å²) in [6.07, 6.45) is 3.08. The molecule has 0 radical (unpaired) electrons. The van der Waals surface area contributed by atoms with Gasteiger partial charge in [-0.15, -0.1) is 5.10 Å². The number of nitrogens with zero attached hydrogens (tertiary/aromatic N) is 3. The van der Waals surface area contributed by atoms with Crippen LogP contribution in [0.4, 0.5) is 0 Å². The number of ether oxygens (including phenoxy) is 3. The number of benzene rings is 1. The maximum atomic E-state index is 6.10. The predicted molar refractivity (Wildman–Crippen MR) is 98.9 cm³/mol. The highest BCUT2D eigenvalue weighted by atomic mass is 35.5. The van der Waals surface area contributed by atoms with Crippen LogP contribution in [0.3, 0.4) is 0 Å². The van der Waals surface area contributed by atoms with Crippen molar-refractivity contribution in [1.29, 1.82) is 0 Å². The van der Waals surface area contributed by atoms with E-state index in [4.69, 9.17) is 25.8 Å². The van der Waals surface area contributed by atoms with Gasteiger partial charge in [0.25, 0.3) is 0 Å². The molecule has 1 aromatic carbocycles. The molecule has 6 nitrogen and oxygen atoms in total. The van der Waals surface area contributed by atoms with Crippen LogP contribution in [-0.2, 0) is 6.54 Å². The summed E-state index contributed by atoms with van der Waals surface area (Å²) in [7, 11) is 4.94. The second-order valence-electron chi connectivity index (χ2n) is 5.61. The molecule has 0 atom stereocenters. The summed E-state index contributed by atoms with van der Waals surface area (Å²) in [6.45, 7) is 2.41. The first-order valence-electron chi connectivity index (χ1n) is 7.84. The highest BCUT2D eigenvalue weighted by Crippen LogP contribution is 2.41. The Kier molecular flexibility index (Phi) is 5.78. The molecule has 0 amide bonds. The van der Waals surface area contributed by atoms with Crippen LogP contribution in [0.5, 0.6) is 17.2 Å². The van der Waals surface area contributed by atoms with Crippen molar-refractivity contribution in [2.75, 3.05) is 34.4 Å². The quantitative estimate of drug-likeness (QED) is 0.763. The zero-order valence-electron chi connectivity index (χ0n) is 14.4. The molecule has 0 bridgehead atoms. The highest BCUT2D eigenvalue weighted by Gasteiger charge is 2.21. The summed E-state index contributed by atoms with van der Waals surface area (Å²) in [4.78, 5) is 2.29. The molecule has 25 heavy (non-hydrogen) atoms. The van der Waals surface area contributed by atoms with Crippen LogP contribution in [0.2, 0.25) is 4.34 Å². The summed E-state index contributed by atoms with van der Waals surface area (Å²) >= 11 is 7.32. The summed E-state index contributed by atoms with van der Waals surface area (Å²) in [5, 5.41) is 4.08. The average molecular weight is 382 g/mol. The molecule has 2 aromatic rings. The summed E-state index contributed by atoms with van der Waals surface area (Å²) < 4.78 is 21.0. The van der Waals surface area contributed by atoms with E-state index in [0.717, 1.165) is 42.3 Å². The molecule has 0 saturated heterocycles. The van der Waals surface area contributed by atoms with Crippen LogP contribution in [0.15, 0.2) is 18.2 Å². The molecular weight excluding hydrogens is 362 g/mol. The molecule has 1 aliphatic heterocycles. The third-order valence-electron chi connectivity index (χ3n) is 4.21. The normalized spacial score (nSPS) is 15.0. The van der Waals surface area contributed by atoms with E-state index in [9.17, 15) is 0 Å². The number of methoxy groups -OCH3 is 3. The second kappa shape index (κ2) is 8.03. The van der Waals surface area contributed by atoms with Crippen molar-refractivity contribution in [2.45, 2.75) is 13.0 Å². The van der Waals surface area contributed by atoms with Crippen molar-refractivity contribution in [3.63, 3.8) is 0 Å². The van der Waals surface area contributed by atoms with Gasteiger partial charge in [-0.3, -0.25) is 4.90 Å². The topological polar surface area (TPSA) is 56.7 Å². The average Bonchev–Trinajstić information content (AvgIpc) is 3.05. The van der Waals surface area contributed by atoms with Crippen molar-refractivity contribution < 1.29 is 14.2 Å². The van der Waals surface area contributed by atoms with Gasteiger partial charge in [0.1, 0.15) is 27.3 Å². The zero-order valence-corrected chi connectivity index (χ0v) is 16.0. The molecule has 0 unspecified atom stereocenters. The number of hydrogen-bond acceptors (Lipinski definition) is 7. The van der Waals surface area contributed by atoms with E-state index in [0.29, 0.717) is 16.6 Å². The molecule has 0 saturated carbocycles. The Hall–Kier alpha value is -1.83. The van der Waals surface area contributed by atoms with Crippen molar-refractivity contribution >= 4 is 28.7 Å². The van der Waals surface area contributed by atoms with Crippen LogP contribution in [-0.4, -0.2) is 48.9 Å². The third-order valence-corrected chi connectivity index (χ3v) is 5.20. The lowest BCUT2D eigenvalue weighted by atomic mass is 9.97. The van der Waals surface area contributed by atoms with E-state index in [1.165, 1.54) is 17.1 Å². The first kappa shape index (κ1) is 18.0. The van der Waals surface area contributed by atoms with Crippen LogP contribution in [0.25, 0.3) is 5.57 Å². The molecule has 3 rings (SSSR count). The third kappa shape index (κ3) is 3.89. The standard InChI is InChI=1S/C17H20ClN3O3S/c1-22-12-8-14(23-2)16(15(9-12)24-3)11-4-6-21(7-5-11)10-13-17(18)25-20-19-13/h4,8-9H,5-7,10H2,1-3H3. The maximum absolute atomic E-state index is 6.10. The lowest BCUT2D eigenvalue weighted by Crippen LogP contribution is -2.28. The van der Waals surface area contributed by atoms with Gasteiger partial charge in [0.05, 0.1) is 26.9 Å². The van der Waals surface area contributed by atoms with E-state index in [1.807, 2.05) is 12.1 Å². The smallest absolute Gasteiger partial charge is 0.138 e. The van der Waals surface area contributed by atoms with Crippen molar-refractivity contribution in [3.05, 3.63) is 33.8 Å². The zero-order chi connectivity index (χ0) is 17.8. The van der Waals surface area contributed by atoms with Crippen LogP contribution < -0.4 is 14.2 Å². The first-order valence-corrected chi connectivity index (χ1v) is 9.00. The van der Waals surface area contributed by atoms with Crippen molar-refractivity contribution in [2.24, 2.45) is 0 Å². The minimum absolute atomic E-state index is 0.660. The monoisotopic (exact) mass is 381 g/mol. The minimum Gasteiger partial charge on any atom is -0.496 e. The highest BCUT2D eigenvalue weighted by molar-refractivity contribution is 7.10. The lowest BCUT2D eigenvalue weighted by Gasteiger charge is -2.27. The molecule has 0 spiro atoms. The van der Waals surface area contributed by atoms with Crippen LogP contribution in [0, 0.1) is 0 Å². The largest absolute Gasteiger partial charge is 0.496 e. The molecule has 1 aromatic heterocycles. The van der Waals surface area contributed by atoms with Gasteiger partial charge in [0.15, 0.2) is 0 Å². The van der Waals surface area contributed by atoms with E-state index in [2.05, 4.69) is 20.6 Å². The Balaban J connectivity index is 1.82. The summed E-state index contributed by atoms with van der Waals surface area (Å²) in [6, 6.07) is 3.76. The van der Waals surface area contributed by atoms with E-state index < -0.39 is 0 Å². The van der Waals surface area contributed by atoms with Gasteiger partial charge in [0, 0.05) is 43.3 Å². The number of hydrogen-bond donors (Lipinski definition) is 0.